The molecule has 5 heteroatoms. The Labute approximate surface area is 112 Å². The summed E-state index contributed by atoms with van der Waals surface area (Å²) in [6.07, 6.45) is 1.11. The third-order valence-electron chi connectivity index (χ3n) is 3.59. The molecule has 2 atom stereocenters. The van der Waals surface area contributed by atoms with Crippen LogP contribution < -0.4 is 5.32 Å². The molecule has 1 saturated heterocycles. The van der Waals surface area contributed by atoms with Crippen LogP contribution in [0.15, 0.2) is 30.3 Å². The van der Waals surface area contributed by atoms with Gasteiger partial charge in [-0.1, -0.05) is 30.3 Å². The Morgan fingerprint density at radius 2 is 1.89 bits per heavy atom. The van der Waals surface area contributed by atoms with Gasteiger partial charge in [0.1, 0.15) is 6.04 Å². The molecule has 2 rings (SSSR count). The summed E-state index contributed by atoms with van der Waals surface area (Å²) in [6.45, 7) is 0.474. The number of amides is 1. The Hall–Kier alpha value is -1.88. The standard InChI is InChI=1S/C14H18N2O3/c1-16-11(7-8-12(16)14(18)19)13(17)15-9-10-5-3-2-4-6-10/h2-6,11-12H,7-9H2,1H3,(H,15,17)(H,18,19)/t11-,12+/m0/s1. The summed E-state index contributed by atoms with van der Waals surface area (Å²) >= 11 is 0. The average molecular weight is 262 g/mol. The summed E-state index contributed by atoms with van der Waals surface area (Å²) in [7, 11) is 1.69. The Bertz CT molecular complexity index is 461. The van der Waals surface area contributed by atoms with Crippen LogP contribution in [-0.2, 0) is 16.1 Å². The van der Waals surface area contributed by atoms with E-state index in [-0.39, 0.29) is 11.9 Å². The van der Waals surface area contributed by atoms with Crippen LogP contribution in [0.4, 0.5) is 0 Å². The molecule has 5 nitrogen and oxygen atoms in total. The zero-order valence-electron chi connectivity index (χ0n) is 10.9. The van der Waals surface area contributed by atoms with Crippen molar-refractivity contribution in [1.82, 2.24) is 10.2 Å². The van der Waals surface area contributed by atoms with Crippen molar-refractivity contribution in [2.75, 3.05) is 7.05 Å². The first kappa shape index (κ1) is 13.5. The monoisotopic (exact) mass is 262 g/mol. The van der Waals surface area contributed by atoms with E-state index in [0.717, 1.165) is 5.56 Å². The van der Waals surface area contributed by atoms with Crippen LogP contribution in [-0.4, -0.2) is 41.0 Å². The highest BCUT2D eigenvalue weighted by Crippen LogP contribution is 2.22. The largest absolute Gasteiger partial charge is 0.480 e. The van der Waals surface area contributed by atoms with Gasteiger partial charge in [-0.05, 0) is 25.5 Å². The lowest BCUT2D eigenvalue weighted by atomic mass is 10.2. The lowest BCUT2D eigenvalue weighted by Gasteiger charge is -2.22. The third kappa shape index (κ3) is 3.12. The molecular formula is C14H18N2O3. The minimum atomic E-state index is -0.860. The zero-order chi connectivity index (χ0) is 13.8. The van der Waals surface area contributed by atoms with E-state index < -0.39 is 12.0 Å². The molecule has 1 aromatic rings. The van der Waals surface area contributed by atoms with E-state index in [1.54, 1.807) is 11.9 Å². The number of hydrogen-bond acceptors (Lipinski definition) is 3. The van der Waals surface area contributed by atoms with Crippen molar-refractivity contribution < 1.29 is 14.7 Å². The minimum Gasteiger partial charge on any atom is -0.480 e. The van der Waals surface area contributed by atoms with Crippen LogP contribution in [0.5, 0.6) is 0 Å². The third-order valence-corrected chi connectivity index (χ3v) is 3.59. The van der Waals surface area contributed by atoms with Gasteiger partial charge in [-0.2, -0.15) is 0 Å². The van der Waals surface area contributed by atoms with Gasteiger partial charge in [0.2, 0.25) is 5.91 Å². The minimum absolute atomic E-state index is 0.102. The fraction of sp³-hybridized carbons (Fsp3) is 0.429. The molecule has 1 fully saturated rings. The highest BCUT2D eigenvalue weighted by molar-refractivity contribution is 5.84. The number of hydrogen-bond donors (Lipinski definition) is 2. The summed E-state index contributed by atoms with van der Waals surface area (Å²) in [6, 6.07) is 8.76. The number of nitrogens with zero attached hydrogens (tertiary/aromatic N) is 1. The molecule has 102 valence electrons. The number of rotatable bonds is 4. The molecule has 0 spiro atoms. The van der Waals surface area contributed by atoms with Gasteiger partial charge in [0.05, 0.1) is 6.04 Å². The number of likely N-dealkylation sites (N-methyl/N-ethyl adjacent to an activating group) is 1. The molecule has 0 radical (unpaired) electrons. The van der Waals surface area contributed by atoms with Crippen molar-refractivity contribution in [3.8, 4) is 0 Å². The maximum atomic E-state index is 12.1. The summed E-state index contributed by atoms with van der Waals surface area (Å²) in [5.41, 5.74) is 1.03. The number of carboxylic acid groups (broad SMARTS) is 1. The summed E-state index contributed by atoms with van der Waals surface area (Å²) in [5, 5.41) is 11.9. The van der Waals surface area contributed by atoms with Gasteiger partial charge in [0.15, 0.2) is 0 Å². The predicted octanol–water partition coefficient (Wildman–Crippen LogP) is 0.850. The Morgan fingerprint density at radius 1 is 1.26 bits per heavy atom. The molecule has 0 aliphatic carbocycles. The Morgan fingerprint density at radius 3 is 2.47 bits per heavy atom. The summed E-state index contributed by atoms with van der Waals surface area (Å²) in [5.74, 6) is -0.962. The van der Waals surface area contributed by atoms with Crippen molar-refractivity contribution in [3.05, 3.63) is 35.9 Å². The van der Waals surface area contributed by atoms with E-state index in [1.807, 2.05) is 30.3 Å². The van der Waals surface area contributed by atoms with Crippen molar-refractivity contribution in [1.29, 1.82) is 0 Å². The molecule has 0 saturated carbocycles. The second kappa shape index (κ2) is 5.84. The number of likely N-dealkylation sites (tertiary alicyclic amines) is 1. The Balaban J connectivity index is 1.89. The van der Waals surface area contributed by atoms with Crippen LogP contribution >= 0.6 is 0 Å². The number of nitrogens with one attached hydrogen (secondary N) is 1. The van der Waals surface area contributed by atoms with Crippen LogP contribution in [0.25, 0.3) is 0 Å². The van der Waals surface area contributed by atoms with E-state index in [4.69, 9.17) is 5.11 Å². The van der Waals surface area contributed by atoms with Gasteiger partial charge in [-0.25, -0.2) is 0 Å². The fourth-order valence-corrected chi connectivity index (χ4v) is 2.46. The SMILES string of the molecule is CN1[C@@H](C(=O)O)CC[C@H]1C(=O)NCc1ccccc1. The molecule has 1 heterocycles. The molecule has 0 unspecified atom stereocenters. The number of carbonyl (C=O) groups is 2. The van der Waals surface area contributed by atoms with Crippen molar-refractivity contribution >= 4 is 11.9 Å². The van der Waals surface area contributed by atoms with Crippen LogP contribution in [0.1, 0.15) is 18.4 Å². The van der Waals surface area contributed by atoms with Gasteiger partial charge in [0, 0.05) is 6.54 Å². The zero-order valence-corrected chi connectivity index (χ0v) is 10.9. The fourth-order valence-electron chi connectivity index (χ4n) is 2.46. The highest BCUT2D eigenvalue weighted by atomic mass is 16.4. The molecule has 19 heavy (non-hydrogen) atoms. The molecule has 1 amide bonds. The summed E-state index contributed by atoms with van der Waals surface area (Å²) < 4.78 is 0. The van der Waals surface area contributed by atoms with Gasteiger partial charge >= 0.3 is 5.97 Å². The number of carboxylic acids is 1. The Kier molecular flexibility index (Phi) is 4.16. The van der Waals surface area contributed by atoms with E-state index in [2.05, 4.69) is 5.32 Å². The van der Waals surface area contributed by atoms with Crippen LogP contribution in [0.2, 0.25) is 0 Å². The van der Waals surface area contributed by atoms with Gasteiger partial charge in [-0.15, -0.1) is 0 Å². The van der Waals surface area contributed by atoms with Crippen LogP contribution in [0.3, 0.4) is 0 Å². The van der Waals surface area contributed by atoms with Crippen molar-refractivity contribution in [3.63, 3.8) is 0 Å². The molecular weight excluding hydrogens is 244 g/mol. The predicted molar refractivity (Wildman–Crippen MR) is 70.5 cm³/mol. The van der Waals surface area contributed by atoms with Crippen molar-refractivity contribution in [2.24, 2.45) is 0 Å². The topological polar surface area (TPSA) is 69.6 Å². The molecule has 1 aromatic carbocycles. The van der Waals surface area contributed by atoms with E-state index in [9.17, 15) is 9.59 Å². The number of carbonyl (C=O) groups excluding carboxylic acids is 1. The van der Waals surface area contributed by atoms with Crippen LogP contribution in [0, 0.1) is 0 Å². The smallest absolute Gasteiger partial charge is 0.320 e. The maximum absolute atomic E-state index is 12.1. The van der Waals surface area contributed by atoms with E-state index in [1.165, 1.54) is 0 Å². The molecule has 1 aliphatic heterocycles. The van der Waals surface area contributed by atoms with Crippen molar-refractivity contribution in [2.45, 2.75) is 31.5 Å². The second-order valence-electron chi connectivity index (χ2n) is 4.82. The normalized spacial score (nSPS) is 23.2. The molecule has 2 N–H and O–H groups in total. The second-order valence-corrected chi connectivity index (χ2v) is 4.82. The van der Waals surface area contributed by atoms with Gasteiger partial charge < -0.3 is 10.4 Å². The first-order chi connectivity index (χ1) is 9.09. The number of benzene rings is 1. The lowest BCUT2D eigenvalue weighted by molar-refractivity contribution is -0.142. The first-order valence-electron chi connectivity index (χ1n) is 6.36. The maximum Gasteiger partial charge on any atom is 0.320 e. The van der Waals surface area contributed by atoms with E-state index >= 15 is 0 Å². The molecule has 0 aromatic heterocycles. The summed E-state index contributed by atoms with van der Waals surface area (Å²) in [4.78, 5) is 24.7. The lowest BCUT2D eigenvalue weighted by Crippen LogP contribution is -2.45. The molecule has 1 aliphatic rings. The molecule has 0 bridgehead atoms. The highest BCUT2D eigenvalue weighted by Gasteiger charge is 2.38. The number of aliphatic carboxylic acids is 1. The van der Waals surface area contributed by atoms with E-state index in [0.29, 0.717) is 19.4 Å². The quantitative estimate of drug-likeness (QED) is 0.844. The van der Waals surface area contributed by atoms with Gasteiger partial charge in [-0.3, -0.25) is 14.5 Å². The van der Waals surface area contributed by atoms with Gasteiger partial charge in [0.25, 0.3) is 0 Å². The average Bonchev–Trinajstić information content (AvgIpc) is 2.79. The first-order valence-corrected chi connectivity index (χ1v) is 6.36.